The summed E-state index contributed by atoms with van der Waals surface area (Å²) in [7, 11) is -4.08. The van der Waals surface area contributed by atoms with Gasteiger partial charge in [-0.15, -0.1) is 11.8 Å². The Bertz CT molecular complexity index is 586. The first kappa shape index (κ1) is 12.4. The number of thioether (sulfide) groups is 1. The van der Waals surface area contributed by atoms with Gasteiger partial charge in [0.2, 0.25) is 10.0 Å². The Morgan fingerprint density at radius 3 is 2.65 bits per heavy atom. The lowest BCUT2D eigenvalue weighted by Gasteiger charge is -2.27. The number of primary sulfonamides is 1. The van der Waals surface area contributed by atoms with Crippen LogP contribution in [0.3, 0.4) is 0 Å². The van der Waals surface area contributed by atoms with E-state index in [0.29, 0.717) is 16.3 Å². The number of sulfonamides is 1. The van der Waals surface area contributed by atoms with Crippen LogP contribution in [0, 0.1) is 11.0 Å². The molecular weight excluding hydrogens is 267 g/mol. The van der Waals surface area contributed by atoms with Crippen LogP contribution in [-0.2, 0) is 10.0 Å². The Labute approximate surface area is 102 Å². The molecule has 1 aliphatic rings. The van der Waals surface area contributed by atoms with Crippen molar-refractivity contribution in [2.75, 3.05) is 5.88 Å². The average Bonchev–Trinajstić information content (AvgIpc) is 2.62. The van der Waals surface area contributed by atoms with Crippen LogP contribution in [0.25, 0.3) is 5.70 Å². The molecule has 1 aromatic rings. The van der Waals surface area contributed by atoms with Crippen molar-refractivity contribution in [3.05, 3.63) is 40.2 Å². The number of hydroxylamine groups is 2. The summed E-state index contributed by atoms with van der Waals surface area (Å²) in [5.74, 6) is -0.718. The normalized spacial score (nSPS) is 16.2. The number of hydrogen-bond donors (Lipinski definition) is 1. The smallest absolute Gasteiger partial charge is 0.240 e. The predicted molar refractivity (Wildman–Crippen MR) is 63.4 cm³/mol. The fourth-order valence-electron chi connectivity index (χ4n) is 1.42. The van der Waals surface area contributed by atoms with Gasteiger partial charge in [-0.05, 0) is 17.5 Å². The van der Waals surface area contributed by atoms with E-state index in [9.17, 15) is 18.0 Å². The maximum absolute atomic E-state index is 13.5. The van der Waals surface area contributed by atoms with Crippen LogP contribution >= 0.6 is 11.8 Å². The van der Waals surface area contributed by atoms with Gasteiger partial charge in [-0.2, -0.15) is 0 Å². The van der Waals surface area contributed by atoms with E-state index < -0.39 is 20.7 Å². The monoisotopic (exact) mass is 275 g/mol. The molecule has 0 atom stereocenters. The highest BCUT2D eigenvalue weighted by molar-refractivity contribution is 8.02. The van der Waals surface area contributed by atoms with E-state index in [1.807, 2.05) is 0 Å². The molecule has 0 aromatic heterocycles. The topological polar surface area (TPSA) is 86.5 Å². The van der Waals surface area contributed by atoms with Gasteiger partial charge in [-0.3, -0.25) is 0 Å². The third-order valence-electron chi connectivity index (χ3n) is 2.19. The second-order valence-corrected chi connectivity index (χ2v) is 5.72. The van der Waals surface area contributed by atoms with Crippen molar-refractivity contribution in [3.8, 4) is 0 Å². The van der Waals surface area contributed by atoms with Crippen molar-refractivity contribution < 1.29 is 12.8 Å². The van der Waals surface area contributed by atoms with Crippen LogP contribution < -0.4 is 5.14 Å². The van der Waals surface area contributed by atoms with Gasteiger partial charge < -0.3 is 10.3 Å². The molecule has 0 fully saturated rings. The molecule has 1 aromatic carbocycles. The van der Waals surface area contributed by atoms with Gasteiger partial charge in [0.25, 0.3) is 0 Å². The Morgan fingerprint density at radius 2 is 2.18 bits per heavy atom. The molecule has 17 heavy (non-hydrogen) atoms. The predicted octanol–water partition coefficient (Wildman–Crippen LogP) is 1.28. The van der Waals surface area contributed by atoms with Gasteiger partial charge in [0, 0.05) is 11.3 Å². The van der Waals surface area contributed by atoms with E-state index in [-0.39, 0.29) is 5.88 Å². The Morgan fingerprint density at radius 1 is 1.47 bits per heavy atom. The van der Waals surface area contributed by atoms with Gasteiger partial charge in [-0.25, -0.2) is 17.9 Å². The van der Waals surface area contributed by atoms with Crippen LogP contribution in [0.2, 0.25) is 0 Å². The first-order chi connectivity index (χ1) is 7.89. The van der Waals surface area contributed by atoms with E-state index in [2.05, 4.69) is 0 Å². The summed E-state index contributed by atoms with van der Waals surface area (Å²) in [6.07, 6.45) is 0. The summed E-state index contributed by atoms with van der Waals surface area (Å²) in [6.45, 7) is 0. The average molecular weight is 275 g/mol. The molecule has 8 heteroatoms. The summed E-state index contributed by atoms with van der Waals surface area (Å²) < 4.78 is 35.5. The van der Waals surface area contributed by atoms with Gasteiger partial charge in [0.15, 0.2) is 0 Å². The molecule has 0 spiro atoms. The molecule has 0 unspecified atom stereocenters. The summed E-state index contributed by atoms with van der Waals surface area (Å²) in [6, 6.07) is 3.39. The van der Waals surface area contributed by atoms with E-state index in [1.165, 1.54) is 17.8 Å². The van der Waals surface area contributed by atoms with Gasteiger partial charge in [0.05, 0.1) is 5.88 Å². The van der Waals surface area contributed by atoms with Crippen LogP contribution in [-0.4, -0.2) is 19.4 Å². The van der Waals surface area contributed by atoms with Crippen molar-refractivity contribution in [2.24, 2.45) is 5.14 Å². The molecule has 0 bridgehead atoms. The van der Waals surface area contributed by atoms with Crippen LogP contribution in [0.15, 0.2) is 28.5 Å². The summed E-state index contributed by atoms with van der Waals surface area (Å²) in [5, 5.41) is 18.5. The zero-order valence-electron chi connectivity index (χ0n) is 8.46. The van der Waals surface area contributed by atoms with E-state index >= 15 is 0 Å². The molecule has 1 heterocycles. The number of halogens is 1. The molecule has 0 radical (unpaired) electrons. The quantitative estimate of drug-likeness (QED) is 0.878. The lowest BCUT2D eigenvalue weighted by molar-refractivity contribution is 0.567. The fourth-order valence-corrected chi connectivity index (χ4v) is 2.76. The fraction of sp³-hybridized carbons (Fsp3) is 0.111. The van der Waals surface area contributed by atoms with Gasteiger partial charge in [0.1, 0.15) is 10.7 Å². The summed E-state index contributed by atoms with van der Waals surface area (Å²) in [4.78, 5) is -0.579. The number of nitrogens with two attached hydrogens (primary N) is 1. The molecule has 0 amide bonds. The molecular formula is C9H8FN2O3S2-. The molecule has 2 N–H and O–H groups in total. The molecule has 0 saturated carbocycles. The highest BCUT2D eigenvalue weighted by Crippen LogP contribution is 2.31. The Hall–Kier alpha value is -1.09. The number of nitrogens with zero attached hydrogens (tertiary/aromatic N) is 1. The number of hydrogen-bond acceptors (Lipinski definition) is 5. The third kappa shape index (κ3) is 2.44. The second kappa shape index (κ2) is 4.30. The SMILES string of the molecule is NS(=O)(=O)c1ccc(C2=CSCN2[O-])cc1F. The first-order valence-electron chi connectivity index (χ1n) is 4.49. The third-order valence-corrected chi connectivity index (χ3v) is 3.91. The molecule has 1 aliphatic heterocycles. The van der Waals surface area contributed by atoms with E-state index in [1.54, 1.807) is 5.41 Å². The minimum atomic E-state index is -4.08. The second-order valence-electron chi connectivity index (χ2n) is 3.37. The Balaban J connectivity index is 2.45. The molecule has 92 valence electrons. The maximum Gasteiger partial charge on any atom is 0.240 e. The highest BCUT2D eigenvalue weighted by Gasteiger charge is 2.17. The molecule has 0 saturated heterocycles. The van der Waals surface area contributed by atoms with Crippen LogP contribution in [0.4, 0.5) is 4.39 Å². The van der Waals surface area contributed by atoms with Gasteiger partial charge in [-0.1, -0.05) is 6.07 Å². The maximum atomic E-state index is 13.5. The lowest BCUT2D eigenvalue weighted by atomic mass is 10.2. The first-order valence-corrected chi connectivity index (χ1v) is 7.08. The largest absolute Gasteiger partial charge is 0.758 e. The number of benzene rings is 1. The van der Waals surface area contributed by atoms with Crippen molar-refractivity contribution >= 4 is 27.5 Å². The summed E-state index contributed by atoms with van der Waals surface area (Å²) >= 11 is 1.29. The number of rotatable bonds is 2. The zero-order chi connectivity index (χ0) is 12.6. The lowest BCUT2D eigenvalue weighted by Crippen LogP contribution is -2.15. The Kier molecular flexibility index (Phi) is 3.13. The van der Waals surface area contributed by atoms with Crippen molar-refractivity contribution in [3.63, 3.8) is 0 Å². The van der Waals surface area contributed by atoms with Crippen LogP contribution in [0.5, 0.6) is 0 Å². The highest BCUT2D eigenvalue weighted by atomic mass is 32.2. The minimum absolute atomic E-state index is 0.244. The zero-order valence-corrected chi connectivity index (χ0v) is 10.1. The van der Waals surface area contributed by atoms with E-state index in [4.69, 9.17) is 5.14 Å². The van der Waals surface area contributed by atoms with E-state index in [0.717, 1.165) is 12.1 Å². The minimum Gasteiger partial charge on any atom is -0.758 e. The summed E-state index contributed by atoms with van der Waals surface area (Å²) in [5.41, 5.74) is 0.643. The van der Waals surface area contributed by atoms with Crippen molar-refractivity contribution in [2.45, 2.75) is 4.90 Å². The van der Waals surface area contributed by atoms with Crippen LogP contribution in [0.1, 0.15) is 5.56 Å². The standard InChI is InChI=1S/C9H8FN2O3S2/c10-7-3-6(8-4-16-5-12(8)13)1-2-9(7)17(11,14)15/h1-4H,5H2,(H2,11,14,15)/q-1. The van der Waals surface area contributed by atoms with Crippen molar-refractivity contribution in [1.29, 1.82) is 0 Å². The molecule has 0 aliphatic carbocycles. The van der Waals surface area contributed by atoms with Gasteiger partial charge >= 0.3 is 0 Å². The molecule has 2 rings (SSSR count). The van der Waals surface area contributed by atoms with Crippen molar-refractivity contribution in [1.82, 2.24) is 5.06 Å². The molecule has 5 nitrogen and oxygen atoms in total.